The van der Waals surface area contributed by atoms with E-state index in [1.807, 2.05) is 24.3 Å². The third-order valence-electron chi connectivity index (χ3n) is 3.66. The molecule has 0 saturated carbocycles. The van der Waals surface area contributed by atoms with Crippen molar-refractivity contribution in [1.82, 2.24) is 0 Å². The van der Waals surface area contributed by atoms with Crippen molar-refractivity contribution >= 4 is 0 Å². The van der Waals surface area contributed by atoms with Crippen LogP contribution in [-0.2, 0) is 4.74 Å². The molecular weight excluding hydrogens is 243 g/mol. The maximum absolute atomic E-state index is 12.0. The predicted octanol–water partition coefficient (Wildman–Crippen LogP) is 4.30. The highest BCUT2D eigenvalue weighted by Crippen LogP contribution is 2.32. The molecule has 2 rings (SSSR count). The molecule has 0 aromatic heterocycles. The lowest BCUT2D eigenvalue weighted by atomic mass is 9.92. The van der Waals surface area contributed by atoms with Crippen molar-refractivity contribution in [2.75, 3.05) is 19.9 Å². The van der Waals surface area contributed by atoms with Crippen LogP contribution in [0, 0.1) is 5.92 Å². The van der Waals surface area contributed by atoms with E-state index >= 15 is 0 Å². The van der Waals surface area contributed by atoms with Gasteiger partial charge in [-0.1, -0.05) is 25.5 Å². The number of hydrogen-bond donors (Lipinski definition) is 0. The van der Waals surface area contributed by atoms with Gasteiger partial charge in [-0.15, -0.1) is 0 Å². The smallest absolute Gasteiger partial charge is 0.123 e. The average Bonchev–Trinajstić information content (AvgIpc) is 2.47. The molecule has 0 aliphatic carbocycles. The number of rotatable bonds is 6. The van der Waals surface area contributed by atoms with Crippen molar-refractivity contribution < 1.29 is 13.9 Å². The Hall–Kier alpha value is -1.09. The van der Waals surface area contributed by atoms with Crippen molar-refractivity contribution in [2.24, 2.45) is 5.92 Å². The minimum absolute atomic E-state index is 0.123. The first-order valence-electron chi connectivity index (χ1n) is 7.23. The molecule has 0 radical (unpaired) electrons. The summed E-state index contributed by atoms with van der Waals surface area (Å²) in [4.78, 5) is 0. The molecule has 1 aliphatic rings. The maximum atomic E-state index is 12.0. The fourth-order valence-corrected chi connectivity index (χ4v) is 2.64. The lowest BCUT2D eigenvalue weighted by Gasteiger charge is -2.29. The van der Waals surface area contributed by atoms with Crippen molar-refractivity contribution in [3.63, 3.8) is 0 Å². The van der Waals surface area contributed by atoms with Crippen molar-refractivity contribution in [2.45, 2.75) is 38.7 Å². The van der Waals surface area contributed by atoms with E-state index in [4.69, 9.17) is 9.47 Å². The van der Waals surface area contributed by atoms with E-state index in [9.17, 15) is 4.39 Å². The zero-order valence-corrected chi connectivity index (χ0v) is 11.6. The number of hydrogen-bond acceptors (Lipinski definition) is 2. The highest BCUT2D eigenvalue weighted by molar-refractivity contribution is 5.28. The monoisotopic (exact) mass is 266 g/mol. The van der Waals surface area contributed by atoms with Crippen molar-refractivity contribution in [3.8, 4) is 5.75 Å². The third kappa shape index (κ3) is 4.20. The van der Waals surface area contributed by atoms with Gasteiger partial charge in [0.25, 0.3) is 0 Å². The Balaban J connectivity index is 1.85. The summed E-state index contributed by atoms with van der Waals surface area (Å²) in [5.74, 6) is 1.45. The van der Waals surface area contributed by atoms with E-state index in [1.165, 1.54) is 24.8 Å². The molecule has 1 saturated heterocycles. The van der Waals surface area contributed by atoms with E-state index in [0.717, 1.165) is 24.7 Å². The van der Waals surface area contributed by atoms with E-state index < -0.39 is 6.67 Å². The lowest BCUT2D eigenvalue weighted by molar-refractivity contribution is -0.0194. The van der Waals surface area contributed by atoms with Crippen LogP contribution in [0.3, 0.4) is 0 Å². The summed E-state index contributed by atoms with van der Waals surface area (Å²) < 4.78 is 23.2. The minimum atomic E-state index is -0.452. The van der Waals surface area contributed by atoms with Gasteiger partial charge in [-0.25, -0.2) is 4.39 Å². The third-order valence-corrected chi connectivity index (χ3v) is 3.66. The lowest BCUT2D eigenvalue weighted by Crippen LogP contribution is -2.20. The van der Waals surface area contributed by atoms with E-state index in [1.54, 1.807) is 0 Å². The van der Waals surface area contributed by atoms with Gasteiger partial charge in [0.15, 0.2) is 0 Å². The minimum Gasteiger partial charge on any atom is -0.491 e. The summed E-state index contributed by atoms with van der Waals surface area (Å²) in [6.07, 6.45) is 5.05. The first kappa shape index (κ1) is 14.3. The van der Waals surface area contributed by atoms with Gasteiger partial charge in [-0.3, -0.25) is 0 Å². The SMILES string of the molecule is CCCC1CCC(c2ccc(OCCF)cc2)OC1. The topological polar surface area (TPSA) is 18.5 Å². The Kier molecular flexibility index (Phi) is 5.64. The average molecular weight is 266 g/mol. The molecule has 2 unspecified atom stereocenters. The molecule has 1 heterocycles. The molecule has 2 atom stereocenters. The molecule has 1 aromatic carbocycles. The molecule has 0 spiro atoms. The number of ether oxygens (including phenoxy) is 2. The first-order valence-corrected chi connectivity index (χ1v) is 7.23. The zero-order chi connectivity index (χ0) is 13.5. The van der Waals surface area contributed by atoms with Crippen LogP contribution in [0.1, 0.15) is 44.3 Å². The van der Waals surface area contributed by atoms with Gasteiger partial charge in [0, 0.05) is 0 Å². The molecule has 0 N–H and O–H groups in total. The van der Waals surface area contributed by atoms with Gasteiger partial charge in [-0.05, 0) is 42.9 Å². The van der Waals surface area contributed by atoms with Gasteiger partial charge in [-0.2, -0.15) is 0 Å². The van der Waals surface area contributed by atoms with E-state index in [-0.39, 0.29) is 12.7 Å². The van der Waals surface area contributed by atoms with Crippen LogP contribution in [0.4, 0.5) is 4.39 Å². The van der Waals surface area contributed by atoms with Crippen LogP contribution in [0.15, 0.2) is 24.3 Å². The standard InChI is InChI=1S/C16H23FO2/c1-2-3-13-4-9-16(19-12-13)14-5-7-15(8-6-14)18-11-10-17/h5-8,13,16H,2-4,9-12H2,1H3. The molecule has 19 heavy (non-hydrogen) atoms. The molecule has 2 nitrogen and oxygen atoms in total. The van der Waals surface area contributed by atoms with Gasteiger partial charge in [0.2, 0.25) is 0 Å². The van der Waals surface area contributed by atoms with Crippen LogP contribution < -0.4 is 4.74 Å². The second kappa shape index (κ2) is 7.49. The summed E-state index contributed by atoms with van der Waals surface area (Å²) in [6, 6.07) is 7.84. The Morgan fingerprint density at radius 1 is 1.26 bits per heavy atom. The quantitative estimate of drug-likeness (QED) is 0.764. The normalized spacial score (nSPS) is 23.3. The van der Waals surface area contributed by atoms with Gasteiger partial charge in [0.1, 0.15) is 19.0 Å². The van der Waals surface area contributed by atoms with E-state index in [0.29, 0.717) is 0 Å². The van der Waals surface area contributed by atoms with Crippen molar-refractivity contribution in [3.05, 3.63) is 29.8 Å². The van der Waals surface area contributed by atoms with Crippen LogP contribution in [0.5, 0.6) is 5.75 Å². The van der Waals surface area contributed by atoms with Crippen molar-refractivity contribution in [1.29, 1.82) is 0 Å². The molecule has 1 aliphatic heterocycles. The number of benzene rings is 1. The van der Waals surface area contributed by atoms with Gasteiger partial charge in [0.05, 0.1) is 12.7 Å². The summed E-state index contributed by atoms with van der Waals surface area (Å²) in [5.41, 5.74) is 1.20. The maximum Gasteiger partial charge on any atom is 0.123 e. The highest BCUT2D eigenvalue weighted by Gasteiger charge is 2.22. The fraction of sp³-hybridized carbons (Fsp3) is 0.625. The fourth-order valence-electron chi connectivity index (χ4n) is 2.64. The molecule has 0 bridgehead atoms. The molecular formula is C16H23FO2. The zero-order valence-electron chi connectivity index (χ0n) is 11.6. The Morgan fingerprint density at radius 3 is 2.63 bits per heavy atom. The van der Waals surface area contributed by atoms with Crippen LogP contribution in [0.25, 0.3) is 0 Å². The van der Waals surface area contributed by atoms with Crippen LogP contribution >= 0.6 is 0 Å². The van der Waals surface area contributed by atoms with Crippen LogP contribution in [-0.4, -0.2) is 19.9 Å². The number of alkyl halides is 1. The molecule has 3 heteroatoms. The Bertz CT molecular complexity index is 356. The van der Waals surface area contributed by atoms with Gasteiger partial charge < -0.3 is 9.47 Å². The first-order chi connectivity index (χ1) is 9.33. The molecule has 1 fully saturated rings. The van der Waals surface area contributed by atoms with Crippen LogP contribution in [0.2, 0.25) is 0 Å². The summed E-state index contributed by atoms with van der Waals surface area (Å²) >= 11 is 0. The molecule has 1 aromatic rings. The predicted molar refractivity (Wildman–Crippen MR) is 74.2 cm³/mol. The second-order valence-corrected chi connectivity index (χ2v) is 5.16. The highest BCUT2D eigenvalue weighted by atomic mass is 19.1. The molecule has 0 amide bonds. The molecule has 106 valence electrons. The largest absolute Gasteiger partial charge is 0.491 e. The summed E-state index contributed by atoms with van der Waals surface area (Å²) in [7, 11) is 0. The Morgan fingerprint density at radius 2 is 2.05 bits per heavy atom. The second-order valence-electron chi connectivity index (χ2n) is 5.16. The van der Waals surface area contributed by atoms with E-state index in [2.05, 4.69) is 6.92 Å². The summed E-state index contributed by atoms with van der Waals surface area (Å²) in [6.45, 7) is 2.77. The summed E-state index contributed by atoms with van der Waals surface area (Å²) in [5, 5.41) is 0. The Labute approximate surface area is 114 Å². The number of halogens is 1. The van der Waals surface area contributed by atoms with Gasteiger partial charge >= 0.3 is 0 Å².